The molecule has 3 aromatic heterocycles. The van der Waals surface area contributed by atoms with E-state index in [1.165, 1.54) is 12.1 Å². The van der Waals surface area contributed by atoms with Crippen molar-refractivity contribution in [1.29, 1.82) is 0 Å². The highest BCUT2D eigenvalue weighted by atomic mass is 32.1. The van der Waals surface area contributed by atoms with Gasteiger partial charge in [0.25, 0.3) is 18.2 Å². The maximum atomic E-state index is 13.7. The normalized spacial score (nSPS) is 11.4. The summed E-state index contributed by atoms with van der Waals surface area (Å²) in [6.45, 7) is 6.24. The highest BCUT2D eigenvalue weighted by molar-refractivity contribution is 7.21. The van der Waals surface area contributed by atoms with E-state index in [4.69, 9.17) is 14.9 Å². The third-order valence-electron chi connectivity index (χ3n) is 6.50. The van der Waals surface area contributed by atoms with E-state index >= 15 is 0 Å². The van der Waals surface area contributed by atoms with Crippen LogP contribution in [0.15, 0.2) is 71.1 Å². The van der Waals surface area contributed by atoms with Gasteiger partial charge in [-0.05, 0) is 59.4 Å². The first kappa shape index (κ1) is 28.0. The fourth-order valence-corrected chi connectivity index (χ4v) is 5.53. The number of nitrogens with one attached hydrogen (secondary N) is 1. The van der Waals surface area contributed by atoms with E-state index in [9.17, 15) is 18.4 Å². The molecule has 0 saturated heterocycles. The van der Waals surface area contributed by atoms with E-state index in [1.54, 1.807) is 36.4 Å². The molecule has 3 N–H and O–H groups in total. The summed E-state index contributed by atoms with van der Waals surface area (Å²) in [5, 5.41) is 3.05. The van der Waals surface area contributed by atoms with Crippen LogP contribution < -0.4 is 15.8 Å². The number of pyridine rings is 1. The molecule has 0 saturated carbocycles. The number of anilines is 1. The summed E-state index contributed by atoms with van der Waals surface area (Å²) in [5.41, 5.74) is 8.38. The lowest BCUT2D eigenvalue weighted by Gasteiger charge is -2.14. The van der Waals surface area contributed by atoms with Gasteiger partial charge >= 0.3 is 0 Å². The van der Waals surface area contributed by atoms with Crippen molar-refractivity contribution in [2.45, 2.75) is 39.7 Å². The molecule has 10 heteroatoms. The lowest BCUT2D eigenvalue weighted by molar-refractivity contribution is 0.0992. The topological polar surface area (TPSA) is 107 Å². The zero-order valence-electron chi connectivity index (χ0n) is 22.5. The molecule has 2 aromatic carbocycles. The van der Waals surface area contributed by atoms with E-state index < -0.39 is 23.9 Å². The van der Waals surface area contributed by atoms with E-state index in [0.29, 0.717) is 22.3 Å². The minimum atomic E-state index is -2.83. The number of primary amides is 1. The Morgan fingerprint density at radius 3 is 2.51 bits per heavy atom. The molecule has 0 bridgehead atoms. The maximum Gasteiger partial charge on any atom is 0.291 e. The second-order valence-electron chi connectivity index (χ2n) is 9.82. The van der Waals surface area contributed by atoms with Gasteiger partial charge in [0.2, 0.25) is 0 Å². The zero-order valence-corrected chi connectivity index (χ0v) is 23.4. The molecule has 0 radical (unpaired) electrons. The quantitative estimate of drug-likeness (QED) is 0.186. The standard InChI is InChI=1S/C31H27F2N3O4S/c1-16(2)20-11-9-17(3)13-24(20)39-15-19-10-12-23(40-19)30(38)36-26-25-21(18-7-5-4-6-8-18)14-22(28(32)33)35-31(25)41-27(26)29(34)37/h4-14,16,28H,15H2,1-3H3,(H2,34,37)(H,36,38). The van der Waals surface area contributed by atoms with Gasteiger partial charge in [-0.15, -0.1) is 11.3 Å². The number of ether oxygens (including phenoxy) is 1. The van der Waals surface area contributed by atoms with Crippen LogP contribution >= 0.6 is 11.3 Å². The summed E-state index contributed by atoms with van der Waals surface area (Å²) in [4.78, 5) is 29.9. The lowest BCUT2D eigenvalue weighted by Crippen LogP contribution is -2.16. The number of rotatable bonds is 9. The number of halogens is 2. The Kier molecular flexibility index (Phi) is 7.85. The number of aromatic nitrogens is 1. The van der Waals surface area contributed by atoms with Crippen molar-refractivity contribution in [3.8, 4) is 16.9 Å². The van der Waals surface area contributed by atoms with Gasteiger partial charge in [0.15, 0.2) is 5.76 Å². The molecule has 0 aliphatic rings. The molecule has 2 amide bonds. The minimum absolute atomic E-state index is 0.0137. The average Bonchev–Trinajstić information content (AvgIpc) is 3.57. The van der Waals surface area contributed by atoms with Crippen molar-refractivity contribution < 1.29 is 27.5 Å². The summed E-state index contributed by atoms with van der Waals surface area (Å²) >= 11 is 0.841. The van der Waals surface area contributed by atoms with Crippen molar-refractivity contribution in [1.82, 2.24) is 4.98 Å². The molecule has 0 aliphatic carbocycles. The molecule has 0 spiro atoms. The number of thiophene rings is 1. The molecule has 41 heavy (non-hydrogen) atoms. The first-order valence-electron chi connectivity index (χ1n) is 12.9. The van der Waals surface area contributed by atoms with Crippen LogP contribution in [0, 0.1) is 6.92 Å². The number of nitrogens with zero attached hydrogens (tertiary/aromatic N) is 1. The predicted molar refractivity (Wildman–Crippen MR) is 155 cm³/mol. The first-order valence-corrected chi connectivity index (χ1v) is 13.7. The van der Waals surface area contributed by atoms with E-state index in [-0.39, 0.29) is 33.7 Å². The summed E-state index contributed by atoms with van der Waals surface area (Å²) in [7, 11) is 0. The molecule has 5 rings (SSSR count). The van der Waals surface area contributed by atoms with Crippen molar-refractivity contribution in [2.24, 2.45) is 5.73 Å². The van der Waals surface area contributed by atoms with E-state index in [0.717, 1.165) is 28.2 Å². The number of nitrogens with two attached hydrogens (primary N) is 1. The molecule has 7 nitrogen and oxygen atoms in total. The van der Waals surface area contributed by atoms with Crippen molar-refractivity contribution in [2.75, 3.05) is 5.32 Å². The third kappa shape index (κ3) is 5.83. The number of hydrogen-bond acceptors (Lipinski definition) is 6. The summed E-state index contributed by atoms with van der Waals surface area (Å²) in [6.07, 6.45) is -2.83. The predicted octanol–water partition coefficient (Wildman–Crippen LogP) is 7.86. The fourth-order valence-electron chi connectivity index (χ4n) is 4.51. The molecule has 0 unspecified atom stereocenters. The monoisotopic (exact) mass is 575 g/mol. The molecule has 0 atom stereocenters. The van der Waals surface area contributed by atoms with Crippen LogP contribution in [0.1, 0.15) is 69.0 Å². The van der Waals surface area contributed by atoms with Crippen LogP contribution in [0.3, 0.4) is 0 Å². The van der Waals surface area contributed by atoms with Gasteiger partial charge in [-0.1, -0.05) is 56.3 Å². The third-order valence-corrected chi connectivity index (χ3v) is 7.60. The fraction of sp³-hybridized carbons (Fsp3) is 0.194. The molecule has 0 fully saturated rings. The highest BCUT2D eigenvalue weighted by Crippen LogP contribution is 2.42. The molecule has 0 aliphatic heterocycles. The second kappa shape index (κ2) is 11.5. The molecular formula is C31H27F2N3O4S. The Bertz CT molecular complexity index is 1750. The van der Waals surface area contributed by atoms with Crippen LogP contribution in [-0.4, -0.2) is 16.8 Å². The van der Waals surface area contributed by atoms with Gasteiger partial charge in [-0.3, -0.25) is 9.59 Å². The smallest absolute Gasteiger partial charge is 0.291 e. The first-order chi connectivity index (χ1) is 19.6. The number of carbonyl (C=O) groups is 2. The lowest BCUT2D eigenvalue weighted by atomic mass is 10.0. The Morgan fingerprint density at radius 2 is 1.83 bits per heavy atom. The van der Waals surface area contributed by atoms with Crippen LogP contribution in [0.5, 0.6) is 5.75 Å². The number of fused-ring (bicyclic) bond motifs is 1. The van der Waals surface area contributed by atoms with Crippen molar-refractivity contribution in [3.63, 3.8) is 0 Å². The number of benzene rings is 2. The zero-order chi connectivity index (χ0) is 29.3. The molecule has 5 aromatic rings. The van der Waals surface area contributed by atoms with Crippen LogP contribution in [0.2, 0.25) is 0 Å². The van der Waals surface area contributed by atoms with E-state index in [2.05, 4.69) is 24.1 Å². The van der Waals surface area contributed by atoms with Gasteiger partial charge in [0.1, 0.15) is 33.5 Å². The van der Waals surface area contributed by atoms with Gasteiger partial charge in [0.05, 0.1) is 5.69 Å². The minimum Gasteiger partial charge on any atom is -0.485 e. The Hall–Kier alpha value is -4.57. The van der Waals surface area contributed by atoms with Crippen molar-refractivity contribution in [3.05, 3.63) is 99.9 Å². The number of hydrogen-bond donors (Lipinski definition) is 2. The SMILES string of the molecule is Cc1ccc(C(C)C)c(OCc2ccc(C(=O)Nc3c(C(N)=O)sc4nc(C(F)F)cc(-c5ccccc5)c34)o2)c1. The summed E-state index contributed by atoms with van der Waals surface area (Å²) < 4.78 is 39.2. The van der Waals surface area contributed by atoms with Crippen LogP contribution in [0.4, 0.5) is 14.5 Å². The van der Waals surface area contributed by atoms with E-state index in [1.807, 2.05) is 25.1 Å². The number of aryl methyl sites for hydroxylation is 1. The second-order valence-corrected chi connectivity index (χ2v) is 10.8. The molecule has 3 heterocycles. The number of furan rings is 1. The van der Waals surface area contributed by atoms with Crippen molar-refractivity contribution >= 4 is 39.1 Å². The van der Waals surface area contributed by atoms with Crippen LogP contribution in [0.25, 0.3) is 21.3 Å². The largest absolute Gasteiger partial charge is 0.485 e. The summed E-state index contributed by atoms with van der Waals surface area (Å²) in [6, 6.07) is 19.2. The maximum absolute atomic E-state index is 13.7. The Balaban J connectivity index is 1.47. The van der Waals surface area contributed by atoms with Gasteiger partial charge in [-0.25, -0.2) is 13.8 Å². The van der Waals surface area contributed by atoms with Gasteiger partial charge < -0.3 is 20.2 Å². The Morgan fingerprint density at radius 1 is 1.07 bits per heavy atom. The summed E-state index contributed by atoms with van der Waals surface area (Å²) in [5.74, 6) is -0.0739. The van der Waals surface area contributed by atoms with Gasteiger partial charge in [-0.2, -0.15) is 0 Å². The molecule has 210 valence electrons. The highest BCUT2D eigenvalue weighted by Gasteiger charge is 2.26. The van der Waals surface area contributed by atoms with Gasteiger partial charge in [0, 0.05) is 5.39 Å². The number of amides is 2. The van der Waals surface area contributed by atoms with Crippen LogP contribution in [-0.2, 0) is 6.61 Å². The number of carbonyl (C=O) groups excluding carboxylic acids is 2. The average molecular weight is 576 g/mol. The molecular weight excluding hydrogens is 548 g/mol. The number of alkyl halides is 2. The Labute approximate surface area is 239 Å².